The molecule has 2 heterocycles. The summed E-state index contributed by atoms with van der Waals surface area (Å²) in [7, 11) is 0. The van der Waals surface area contributed by atoms with Gasteiger partial charge in [0.2, 0.25) is 11.9 Å². The summed E-state index contributed by atoms with van der Waals surface area (Å²) in [5.74, 6) is 1.34. The first-order valence-electron chi connectivity index (χ1n) is 9.30. The second kappa shape index (κ2) is 8.76. The molecule has 6 heteroatoms. The smallest absolute Gasteiger partial charge is 0.238 e. The predicted molar refractivity (Wildman–Crippen MR) is 104 cm³/mol. The Hall–Kier alpha value is -2.47. The second-order valence-electron chi connectivity index (χ2n) is 6.79. The summed E-state index contributed by atoms with van der Waals surface area (Å²) < 4.78 is 0. The summed E-state index contributed by atoms with van der Waals surface area (Å²) in [6.45, 7) is 8.15. The van der Waals surface area contributed by atoms with Crippen LogP contribution in [0.3, 0.4) is 0 Å². The van der Waals surface area contributed by atoms with Crippen LogP contribution >= 0.6 is 0 Å². The van der Waals surface area contributed by atoms with Crippen molar-refractivity contribution in [3.8, 4) is 0 Å². The minimum absolute atomic E-state index is 0.0331. The molecule has 6 nitrogen and oxygen atoms in total. The molecule has 1 aliphatic rings. The number of aromatic nitrogens is 2. The number of amides is 1. The largest absolute Gasteiger partial charge is 0.338 e. The van der Waals surface area contributed by atoms with Crippen LogP contribution in [0.4, 0.5) is 11.6 Å². The van der Waals surface area contributed by atoms with E-state index in [2.05, 4.69) is 51.1 Å². The van der Waals surface area contributed by atoms with Gasteiger partial charge < -0.3 is 10.2 Å². The summed E-state index contributed by atoms with van der Waals surface area (Å²) >= 11 is 0. The van der Waals surface area contributed by atoms with Crippen LogP contribution in [0.15, 0.2) is 42.7 Å². The monoisotopic (exact) mass is 353 g/mol. The molecule has 0 bridgehead atoms. The van der Waals surface area contributed by atoms with E-state index in [0.717, 1.165) is 44.2 Å². The van der Waals surface area contributed by atoms with Gasteiger partial charge in [0.05, 0.1) is 6.54 Å². The first-order chi connectivity index (χ1) is 12.7. The lowest BCUT2D eigenvalue weighted by Gasteiger charge is -2.34. The summed E-state index contributed by atoms with van der Waals surface area (Å²) in [4.78, 5) is 25.2. The van der Waals surface area contributed by atoms with Crippen molar-refractivity contribution in [1.29, 1.82) is 0 Å². The van der Waals surface area contributed by atoms with Crippen LogP contribution in [0, 0.1) is 0 Å². The molecule has 1 saturated heterocycles. The van der Waals surface area contributed by atoms with Crippen LogP contribution in [0.5, 0.6) is 0 Å². The van der Waals surface area contributed by atoms with Gasteiger partial charge in [0, 0.05) is 44.3 Å². The molecule has 1 aromatic heterocycles. The summed E-state index contributed by atoms with van der Waals surface area (Å²) in [6.07, 6.45) is 4.63. The van der Waals surface area contributed by atoms with Gasteiger partial charge >= 0.3 is 0 Å². The Kier molecular flexibility index (Phi) is 6.17. The van der Waals surface area contributed by atoms with Gasteiger partial charge in [-0.05, 0) is 36.1 Å². The molecule has 1 aliphatic heterocycles. The van der Waals surface area contributed by atoms with E-state index in [1.165, 1.54) is 5.56 Å². The molecule has 0 aliphatic carbocycles. The minimum Gasteiger partial charge on any atom is -0.338 e. The van der Waals surface area contributed by atoms with E-state index in [-0.39, 0.29) is 5.91 Å². The fourth-order valence-corrected chi connectivity index (χ4v) is 3.09. The summed E-state index contributed by atoms with van der Waals surface area (Å²) in [5.41, 5.74) is 2.17. The van der Waals surface area contributed by atoms with Gasteiger partial charge in [-0.15, -0.1) is 0 Å². The third kappa shape index (κ3) is 4.79. The quantitative estimate of drug-likeness (QED) is 0.865. The minimum atomic E-state index is 0.0331. The normalized spacial score (nSPS) is 16.3. The molecule has 3 rings (SSSR count). The molecular weight excluding hydrogens is 326 g/mol. The van der Waals surface area contributed by atoms with Crippen LogP contribution in [-0.2, 0) is 4.79 Å². The van der Waals surface area contributed by atoms with Crippen LogP contribution in [0.2, 0.25) is 0 Å². The predicted octanol–water partition coefficient (Wildman–Crippen LogP) is 2.75. The fraction of sp³-hybridized carbons (Fsp3) is 0.450. The molecule has 1 amide bonds. The number of rotatable bonds is 6. The van der Waals surface area contributed by atoms with Gasteiger partial charge in [-0.3, -0.25) is 9.69 Å². The molecule has 26 heavy (non-hydrogen) atoms. The van der Waals surface area contributed by atoms with Crippen molar-refractivity contribution >= 4 is 17.5 Å². The van der Waals surface area contributed by atoms with E-state index in [0.29, 0.717) is 12.5 Å². The number of piperazine rings is 1. The molecule has 2 aromatic rings. The topological polar surface area (TPSA) is 61.4 Å². The first kappa shape index (κ1) is 18.3. The third-order valence-electron chi connectivity index (χ3n) is 4.95. The van der Waals surface area contributed by atoms with E-state index in [4.69, 9.17) is 0 Å². The molecule has 1 N–H and O–H groups in total. The highest BCUT2D eigenvalue weighted by Crippen LogP contribution is 2.20. The molecule has 1 fully saturated rings. The van der Waals surface area contributed by atoms with Crippen LogP contribution in [-0.4, -0.2) is 53.5 Å². The molecule has 1 atom stereocenters. The Labute approximate surface area is 155 Å². The van der Waals surface area contributed by atoms with Crippen molar-refractivity contribution in [2.75, 3.05) is 42.9 Å². The van der Waals surface area contributed by atoms with E-state index in [1.54, 1.807) is 12.4 Å². The molecule has 0 radical (unpaired) electrons. The van der Waals surface area contributed by atoms with Gasteiger partial charge in [-0.25, -0.2) is 9.97 Å². The molecule has 0 saturated carbocycles. The zero-order chi connectivity index (χ0) is 18.4. The average molecular weight is 353 g/mol. The molecule has 1 aromatic carbocycles. The first-order valence-corrected chi connectivity index (χ1v) is 9.30. The second-order valence-corrected chi connectivity index (χ2v) is 6.79. The van der Waals surface area contributed by atoms with Crippen molar-refractivity contribution in [3.05, 3.63) is 48.3 Å². The van der Waals surface area contributed by atoms with Gasteiger partial charge in [0.15, 0.2) is 0 Å². The Bertz CT molecular complexity index is 696. The van der Waals surface area contributed by atoms with Crippen molar-refractivity contribution in [1.82, 2.24) is 14.9 Å². The maximum absolute atomic E-state index is 12.3. The van der Waals surface area contributed by atoms with Crippen molar-refractivity contribution in [2.45, 2.75) is 26.2 Å². The SMILES string of the molecule is CCC(C)c1ccc(NC(=O)CN2CCN(c3ncccn3)CC2)cc1. The van der Waals surface area contributed by atoms with Gasteiger partial charge in [-0.2, -0.15) is 0 Å². The maximum Gasteiger partial charge on any atom is 0.238 e. The number of benzene rings is 1. The van der Waals surface area contributed by atoms with Crippen molar-refractivity contribution < 1.29 is 4.79 Å². The lowest BCUT2D eigenvalue weighted by atomic mass is 9.99. The van der Waals surface area contributed by atoms with Crippen molar-refractivity contribution in [2.24, 2.45) is 0 Å². The van der Waals surface area contributed by atoms with Gasteiger partial charge in [0.25, 0.3) is 0 Å². The van der Waals surface area contributed by atoms with E-state index >= 15 is 0 Å². The highest BCUT2D eigenvalue weighted by Gasteiger charge is 2.20. The van der Waals surface area contributed by atoms with E-state index in [1.807, 2.05) is 18.2 Å². The third-order valence-corrected chi connectivity index (χ3v) is 4.95. The lowest BCUT2D eigenvalue weighted by molar-refractivity contribution is -0.117. The number of hydrogen-bond donors (Lipinski definition) is 1. The standard InChI is InChI=1S/C20H27N5O/c1-3-16(2)17-5-7-18(8-6-17)23-19(26)15-24-11-13-25(14-12-24)20-21-9-4-10-22-20/h4-10,16H,3,11-15H2,1-2H3,(H,23,26). The number of hydrogen-bond acceptors (Lipinski definition) is 5. The highest BCUT2D eigenvalue weighted by molar-refractivity contribution is 5.92. The van der Waals surface area contributed by atoms with E-state index in [9.17, 15) is 4.79 Å². The highest BCUT2D eigenvalue weighted by atomic mass is 16.2. The number of anilines is 2. The Balaban J connectivity index is 1.46. The Morgan fingerprint density at radius 1 is 1.12 bits per heavy atom. The van der Waals surface area contributed by atoms with Gasteiger partial charge in [0.1, 0.15) is 0 Å². The zero-order valence-corrected chi connectivity index (χ0v) is 15.6. The zero-order valence-electron chi connectivity index (χ0n) is 15.6. The Morgan fingerprint density at radius 2 is 1.77 bits per heavy atom. The number of nitrogens with one attached hydrogen (secondary N) is 1. The average Bonchev–Trinajstić information content (AvgIpc) is 2.69. The molecule has 0 spiro atoms. The lowest BCUT2D eigenvalue weighted by Crippen LogP contribution is -2.49. The summed E-state index contributed by atoms with van der Waals surface area (Å²) in [5, 5.41) is 3.00. The van der Waals surface area contributed by atoms with E-state index < -0.39 is 0 Å². The van der Waals surface area contributed by atoms with Crippen LogP contribution < -0.4 is 10.2 Å². The maximum atomic E-state index is 12.3. The molecule has 1 unspecified atom stereocenters. The van der Waals surface area contributed by atoms with Crippen LogP contribution in [0.1, 0.15) is 31.7 Å². The van der Waals surface area contributed by atoms with Crippen LogP contribution in [0.25, 0.3) is 0 Å². The molecule has 138 valence electrons. The van der Waals surface area contributed by atoms with Gasteiger partial charge in [-0.1, -0.05) is 26.0 Å². The summed E-state index contributed by atoms with van der Waals surface area (Å²) in [6, 6.07) is 10.00. The number of carbonyl (C=O) groups excluding carboxylic acids is 1. The molecular formula is C20H27N5O. The Morgan fingerprint density at radius 3 is 2.38 bits per heavy atom. The number of nitrogens with zero attached hydrogens (tertiary/aromatic N) is 4. The number of carbonyl (C=O) groups is 1. The fourth-order valence-electron chi connectivity index (χ4n) is 3.09. The van der Waals surface area contributed by atoms with Crippen molar-refractivity contribution in [3.63, 3.8) is 0 Å².